The lowest BCUT2D eigenvalue weighted by molar-refractivity contribution is -0.135. The van der Waals surface area contributed by atoms with Gasteiger partial charge in [0, 0.05) is 36.7 Å². The average molecular weight is 405 g/mol. The van der Waals surface area contributed by atoms with Crippen LogP contribution in [-0.2, 0) is 22.6 Å². The molecule has 0 radical (unpaired) electrons. The number of rotatable bonds is 6. The highest BCUT2D eigenvalue weighted by Crippen LogP contribution is 2.22. The Labute approximate surface area is 176 Å². The number of ether oxygens (including phenoxy) is 1. The molecule has 1 aromatic heterocycles. The van der Waals surface area contributed by atoms with Crippen LogP contribution in [0.4, 0.5) is 0 Å². The first-order valence-electron chi connectivity index (χ1n) is 10.4. The molecule has 6 nitrogen and oxygen atoms in total. The van der Waals surface area contributed by atoms with Crippen LogP contribution >= 0.6 is 0 Å². The van der Waals surface area contributed by atoms with Crippen molar-refractivity contribution in [2.24, 2.45) is 5.92 Å². The van der Waals surface area contributed by atoms with E-state index < -0.39 is 0 Å². The van der Waals surface area contributed by atoms with Crippen LogP contribution in [0.1, 0.15) is 24.0 Å². The van der Waals surface area contributed by atoms with Crippen LogP contribution in [-0.4, -0.2) is 41.9 Å². The van der Waals surface area contributed by atoms with Crippen molar-refractivity contribution in [2.45, 2.75) is 25.8 Å². The Morgan fingerprint density at radius 3 is 2.77 bits per heavy atom. The van der Waals surface area contributed by atoms with Gasteiger partial charge < -0.3 is 19.9 Å². The van der Waals surface area contributed by atoms with Crippen molar-refractivity contribution in [1.82, 2.24) is 15.2 Å². The molecule has 2 heterocycles. The number of piperidine rings is 1. The zero-order valence-corrected chi connectivity index (χ0v) is 17.2. The van der Waals surface area contributed by atoms with E-state index in [1.165, 1.54) is 0 Å². The summed E-state index contributed by atoms with van der Waals surface area (Å²) in [5.41, 5.74) is 3.06. The number of methoxy groups -OCH3 is 1. The standard InChI is InChI=1S/C24H27N3O3/c1-30-20-10-8-17(9-11-20)14-26-24(29)18-5-4-12-27(16-18)23(28)13-19-15-25-22-7-3-2-6-21(19)22/h2-3,6-11,15,18,25H,4-5,12-14,16H2,1H3,(H,26,29). The van der Waals surface area contributed by atoms with E-state index in [9.17, 15) is 9.59 Å². The van der Waals surface area contributed by atoms with E-state index in [-0.39, 0.29) is 17.7 Å². The van der Waals surface area contributed by atoms with Gasteiger partial charge in [0.1, 0.15) is 5.75 Å². The normalized spacial score (nSPS) is 16.4. The molecular formula is C24H27N3O3. The van der Waals surface area contributed by atoms with Gasteiger partial charge in [-0.2, -0.15) is 0 Å². The van der Waals surface area contributed by atoms with Crippen LogP contribution in [0.2, 0.25) is 0 Å². The quantitative estimate of drug-likeness (QED) is 0.661. The number of hydrogen-bond donors (Lipinski definition) is 2. The van der Waals surface area contributed by atoms with Crippen molar-refractivity contribution in [3.8, 4) is 5.75 Å². The van der Waals surface area contributed by atoms with Crippen LogP contribution in [0.15, 0.2) is 54.7 Å². The Hall–Kier alpha value is -3.28. The van der Waals surface area contributed by atoms with E-state index in [0.717, 1.165) is 40.6 Å². The van der Waals surface area contributed by atoms with Gasteiger partial charge in [-0.15, -0.1) is 0 Å². The lowest BCUT2D eigenvalue weighted by Gasteiger charge is -2.32. The number of fused-ring (bicyclic) bond motifs is 1. The first-order valence-corrected chi connectivity index (χ1v) is 10.4. The molecule has 30 heavy (non-hydrogen) atoms. The molecule has 1 unspecified atom stereocenters. The first-order chi connectivity index (χ1) is 14.6. The maximum Gasteiger partial charge on any atom is 0.227 e. The zero-order chi connectivity index (χ0) is 20.9. The molecule has 4 rings (SSSR count). The molecule has 156 valence electrons. The number of benzene rings is 2. The van der Waals surface area contributed by atoms with E-state index in [0.29, 0.717) is 26.1 Å². The molecule has 6 heteroatoms. The lowest BCUT2D eigenvalue weighted by atomic mass is 9.96. The Balaban J connectivity index is 1.32. The van der Waals surface area contributed by atoms with Crippen molar-refractivity contribution in [3.63, 3.8) is 0 Å². The first kappa shape index (κ1) is 20.0. The zero-order valence-electron chi connectivity index (χ0n) is 17.2. The number of nitrogens with one attached hydrogen (secondary N) is 2. The fraction of sp³-hybridized carbons (Fsp3) is 0.333. The largest absolute Gasteiger partial charge is 0.497 e. The smallest absolute Gasteiger partial charge is 0.227 e. The molecule has 1 aliphatic rings. The van der Waals surface area contributed by atoms with Gasteiger partial charge in [-0.1, -0.05) is 30.3 Å². The molecule has 1 fully saturated rings. The SMILES string of the molecule is COc1ccc(CNC(=O)C2CCCN(C(=O)Cc3c[nH]c4ccccc34)C2)cc1. The molecule has 1 saturated heterocycles. The van der Waals surface area contributed by atoms with Crippen molar-refractivity contribution < 1.29 is 14.3 Å². The third-order valence-corrected chi connectivity index (χ3v) is 5.79. The van der Waals surface area contributed by atoms with E-state index >= 15 is 0 Å². The van der Waals surface area contributed by atoms with Gasteiger partial charge in [0.15, 0.2) is 0 Å². The summed E-state index contributed by atoms with van der Waals surface area (Å²) in [4.78, 5) is 30.6. The van der Waals surface area contributed by atoms with Crippen LogP contribution in [0.25, 0.3) is 10.9 Å². The number of para-hydroxylation sites is 1. The number of carbonyl (C=O) groups is 2. The second-order valence-corrected chi connectivity index (χ2v) is 7.78. The number of nitrogens with zero attached hydrogens (tertiary/aromatic N) is 1. The third kappa shape index (κ3) is 4.48. The third-order valence-electron chi connectivity index (χ3n) is 5.79. The highest BCUT2D eigenvalue weighted by atomic mass is 16.5. The Morgan fingerprint density at radius 2 is 1.97 bits per heavy atom. The number of carbonyl (C=O) groups excluding carboxylic acids is 2. The van der Waals surface area contributed by atoms with E-state index in [2.05, 4.69) is 10.3 Å². The summed E-state index contributed by atoms with van der Waals surface area (Å²) in [5, 5.41) is 4.09. The Bertz CT molecular complexity index is 1030. The topological polar surface area (TPSA) is 74.4 Å². The minimum absolute atomic E-state index is 0.00964. The van der Waals surface area contributed by atoms with Crippen molar-refractivity contribution in [3.05, 3.63) is 65.9 Å². The number of aromatic nitrogens is 1. The molecule has 0 saturated carbocycles. The van der Waals surface area contributed by atoms with Crippen LogP contribution in [0.3, 0.4) is 0 Å². The van der Waals surface area contributed by atoms with Crippen LogP contribution < -0.4 is 10.1 Å². The minimum atomic E-state index is -0.163. The summed E-state index contributed by atoms with van der Waals surface area (Å²) in [6, 6.07) is 15.6. The maximum atomic E-state index is 12.9. The van der Waals surface area contributed by atoms with Crippen molar-refractivity contribution in [1.29, 1.82) is 0 Å². The van der Waals surface area contributed by atoms with Gasteiger partial charge in [-0.3, -0.25) is 9.59 Å². The van der Waals surface area contributed by atoms with Gasteiger partial charge in [-0.05, 0) is 42.2 Å². The van der Waals surface area contributed by atoms with E-state index in [4.69, 9.17) is 4.74 Å². The number of aromatic amines is 1. The number of H-pyrrole nitrogens is 1. The van der Waals surface area contributed by atoms with Crippen LogP contribution in [0.5, 0.6) is 5.75 Å². The van der Waals surface area contributed by atoms with Gasteiger partial charge in [0.05, 0.1) is 19.4 Å². The highest BCUT2D eigenvalue weighted by molar-refractivity contribution is 5.89. The number of amides is 2. The molecule has 2 N–H and O–H groups in total. The number of likely N-dealkylation sites (tertiary alicyclic amines) is 1. The summed E-state index contributed by atoms with van der Waals surface area (Å²) < 4.78 is 5.16. The lowest BCUT2D eigenvalue weighted by Crippen LogP contribution is -2.45. The summed E-state index contributed by atoms with van der Waals surface area (Å²) in [6.45, 7) is 1.67. The van der Waals surface area contributed by atoms with Crippen molar-refractivity contribution in [2.75, 3.05) is 20.2 Å². The second kappa shape index (κ2) is 9.03. The molecule has 2 aromatic carbocycles. The summed E-state index contributed by atoms with van der Waals surface area (Å²) >= 11 is 0. The van der Waals surface area contributed by atoms with E-state index in [1.54, 1.807) is 7.11 Å². The Morgan fingerprint density at radius 1 is 1.17 bits per heavy atom. The molecule has 1 atom stereocenters. The minimum Gasteiger partial charge on any atom is -0.497 e. The molecule has 1 aliphatic heterocycles. The predicted octanol–water partition coefficient (Wildman–Crippen LogP) is 3.27. The number of hydrogen-bond acceptors (Lipinski definition) is 3. The predicted molar refractivity (Wildman–Crippen MR) is 116 cm³/mol. The van der Waals surface area contributed by atoms with Gasteiger partial charge in [0.2, 0.25) is 11.8 Å². The Kier molecular flexibility index (Phi) is 6.02. The van der Waals surface area contributed by atoms with Crippen molar-refractivity contribution >= 4 is 22.7 Å². The van der Waals surface area contributed by atoms with Gasteiger partial charge >= 0.3 is 0 Å². The average Bonchev–Trinajstić information content (AvgIpc) is 3.20. The van der Waals surface area contributed by atoms with Gasteiger partial charge in [0.25, 0.3) is 0 Å². The monoisotopic (exact) mass is 405 g/mol. The second-order valence-electron chi connectivity index (χ2n) is 7.78. The van der Waals surface area contributed by atoms with Crippen LogP contribution in [0, 0.1) is 5.92 Å². The molecule has 2 amide bonds. The molecule has 3 aromatic rings. The summed E-state index contributed by atoms with van der Waals surface area (Å²) in [5.74, 6) is 0.716. The maximum absolute atomic E-state index is 12.9. The molecule has 0 bridgehead atoms. The molecule has 0 spiro atoms. The fourth-order valence-electron chi connectivity index (χ4n) is 4.05. The van der Waals surface area contributed by atoms with Gasteiger partial charge in [-0.25, -0.2) is 0 Å². The highest BCUT2D eigenvalue weighted by Gasteiger charge is 2.28. The molecular weight excluding hydrogens is 378 g/mol. The molecule has 0 aliphatic carbocycles. The van der Waals surface area contributed by atoms with E-state index in [1.807, 2.05) is 59.6 Å². The fourth-order valence-corrected chi connectivity index (χ4v) is 4.05. The summed E-state index contributed by atoms with van der Waals surface area (Å²) in [6.07, 6.45) is 3.92. The summed E-state index contributed by atoms with van der Waals surface area (Å²) in [7, 11) is 1.63.